The lowest BCUT2D eigenvalue weighted by Crippen LogP contribution is -2.39. The standard InChI is InChI=1S/C26H25N3O4/c30-25(24-10-9-23(33-24)19-5-2-1-3-6-19)27-22-8-4-7-21-20(22)11-12-29(26(21)31)14-13-28-15-17-32-18-16-28/h1-12H,13-18H2,(H,27,30). The van der Waals surface area contributed by atoms with E-state index in [9.17, 15) is 9.59 Å². The second kappa shape index (κ2) is 9.44. The maximum absolute atomic E-state index is 13.1. The summed E-state index contributed by atoms with van der Waals surface area (Å²) >= 11 is 0. The molecule has 0 bridgehead atoms. The Balaban J connectivity index is 1.34. The number of ether oxygens (including phenoxy) is 1. The number of rotatable bonds is 6. The lowest BCUT2D eigenvalue weighted by molar-refractivity contribution is 0.0363. The average Bonchev–Trinajstić information content (AvgIpc) is 3.36. The van der Waals surface area contributed by atoms with Crippen molar-refractivity contribution in [3.63, 3.8) is 0 Å². The molecule has 0 spiro atoms. The van der Waals surface area contributed by atoms with Gasteiger partial charge in [-0.1, -0.05) is 36.4 Å². The minimum absolute atomic E-state index is 0.0683. The molecule has 168 valence electrons. The molecule has 2 aromatic carbocycles. The minimum atomic E-state index is -0.360. The van der Waals surface area contributed by atoms with Crippen LogP contribution in [-0.2, 0) is 11.3 Å². The summed E-state index contributed by atoms with van der Waals surface area (Å²) in [6.45, 7) is 4.65. The predicted molar refractivity (Wildman–Crippen MR) is 128 cm³/mol. The number of nitrogens with zero attached hydrogens (tertiary/aromatic N) is 2. The van der Waals surface area contributed by atoms with Crippen LogP contribution in [0.4, 0.5) is 5.69 Å². The minimum Gasteiger partial charge on any atom is -0.451 e. The summed E-state index contributed by atoms with van der Waals surface area (Å²) in [5, 5.41) is 4.17. The Morgan fingerprint density at radius 3 is 2.52 bits per heavy atom. The van der Waals surface area contributed by atoms with Gasteiger partial charge in [0.15, 0.2) is 5.76 Å². The fourth-order valence-electron chi connectivity index (χ4n) is 4.08. The number of pyridine rings is 1. The monoisotopic (exact) mass is 443 g/mol. The van der Waals surface area contributed by atoms with Gasteiger partial charge in [-0.25, -0.2) is 0 Å². The molecule has 0 atom stereocenters. The number of nitrogens with one attached hydrogen (secondary N) is 1. The zero-order valence-electron chi connectivity index (χ0n) is 18.2. The van der Waals surface area contributed by atoms with E-state index in [1.807, 2.05) is 36.4 Å². The maximum Gasteiger partial charge on any atom is 0.291 e. The Morgan fingerprint density at radius 2 is 1.70 bits per heavy atom. The number of aromatic nitrogens is 1. The summed E-state index contributed by atoms with van der Waals surface area (Å²) in [5.74, 6) is 0.479. The predicted octanol–water partition coefficient (Wildman–Crippen LogP) is 3.85. The number of carbonyl (C=O) groups is 1. The highest BCUT2D eigenvalue weighted by molar-refractivity contribution is 6.07. The molecule has 4 aromatic rings. The van der Waals surface area contributed by atoms with E-state index in [-0.39, 0.29) is 17.2 Å². The summed E-state index contributed by atoms with van der Waals surface area (Å²) in [5.41, 5.74) is 1.41. The van der Waals surface area contributed by atoms with Crippen LogP contribution in [-0.4, -0.2) is 48.2 Å². The van der Waals surface area contributed by atoms with Crippen molar-refractivity contribution in [3.05, 3.63) is 89.0 Å². The summed E-state index contributed by atoms with van der Waals surface area (Å²) < 4.78 is 12.9. The van der Waals surface area contributed by atoms with E-state index in [1.54, 1.807) is 41.1 Å². The molecule has 0 aliphatic carbocycles. The molecule has 7 nitrogen and oxygen atoms in total. The number of benzene rings is 2. The van der Waals surface area contributed by atoms with Gasteiger partial charge < -0.3 is 19.0 Å². The molecule has 1 saturated heterocycles. The van der Waals surface area contributed by atoms with Gasteiger partial charge in [0.05, 0.1) is 13.2 Å². The summed E-state index contributed by atoms with van der Waals surface area (Å²) in [4.78, 5) is 28.2. The van der Waals surface area contributed by atoms with Gasteiger partial charge in [0.1, 0.15) is 5.76 Å². The van der Waals surface area contributed by atoms with Crippen LogP contribution in [0.3, 0.4) is 0 Å². The normalized spacial score (nSPS) is 14.4. The topological polar surface area (TPSA) is 76.7 Å². The van der Waals surface area contributed by atoms with Crippen LogP contribution in [0.2, 0.25) is 0 Å². The van der Waals surface area contributed by atoms with E-state index in [0.29, 0.717) is 28.8 Å². The molecule has 1 amide bonds. The SMILES string of the molecule is O=C(Nc1cccc2c(=O)n(CCN3CCOCC3)ccc12)c1ccc(-c2ccccc2)o1. The van der Waals surface area contributed by atoms with E-state index in [2.05, 4.69) is 10.2 Å². The van der Waals surface area contributed by atoms with Gasteiger partial charge in [-0.3, -0.25) is 14.5 Å². The van der Waals surface area contributed by atoms with Crippen LogP contribution in [0.5, 0.6) is 0 Å². The van der Waals surface area contributed by atoms with Crippen molar-refractivity contribution < 1.29 is 13.9 Å². The molecule has 0 radical (unpaired) electrons. The third-order valence-electron chi connectivity index (χ3n) is 5.92. The maximum atomic E-state index is 13.1. The molecule has 0 unspecified atom stereocenters. The van der Waals surface area contributed by atoms with Gasteiger partial charge in [0.25, 0.3) is 11.5 Å². The van der Waals surface area contributed by atoms with E-state index < -0.39 is 0 Å². The quantitative estimate of drug-likeness (QED) is 0.490. The number of hydrogen-bond donors (Lipinski definition) is 1. The molecular weight excluding hydrogens is 418 g/mol. The zero-order chi connectivity index (χ0) is 22.6. The molecule has 1 fully saturated rings. The fraction of sp³-hybridized carbons (Fsp3) is 0.231. The number of morpholine rings is 1. The number of amides is 1. The summed E-state index contributed by atoms with van der Waals surface area (Å²) in [7, 11) is 0. The van der Waals surface area contributed by atoms with Crippen molar-refractivity contribution in [1.82, 2.24) is 9.47 Å². The van der Waals surface area contributed by atoms with E-state index >= 15 is 0 Å². The van der Waals surface area contributed by atoms with Gasteiger partial charge in [0, 0.05) is 54.4 Å². The van der Waals surface area contributed by atoms with E-state index in [1.165, 1.54) is 0 Å². The van der Waals surface area contributed by atoms with Crippen LogP contribution in [0.1, 0.15) is 10.6 Å². The lowest BCUT2D eigenvalue weighted by atomic mass is 10.1. The van der Waals surface area contributed by atoms with Crippen LogP contribution in [0.25, 0.3) is 22.1 Å². The molecule has 3 heterocycles. The molecule has 1 N–H and O–H groups in total. The van der Waals surface area contributed by atoms with Crippen molar-refractivity contribution >= 4 is 22.4 Å². The molecule has 5 rings (SSSR count). The van der Waals surface area contributed by atoms with E-state index in [0.717, 1.165) is 38.4 Å². The molecule has 0 saturated carbocycles. The molecule has 1 aliphatic heterocycles. The van der Waals surface area contributed by atoms with E-state index in [4.69, 9.17) is 9.15 Å². The Hall–Kier alpha value is -3.68. The molecule has 2 aromatic heterocycles. The number of hydrogen-bond acceptors (Lipinski definition) is 5. The van der Waals surface area contributed by atoms with Gasteiger partial charge in [-0.05, 0) is 30.3 Å². The largest absolute Gasteiger partial charge is 0.451 e. The van der Waals surface area contributed by atoms with Gasteiger partial charge in [-0.2, -0.15) is 0 Å². The molecular formula is C26H25N3O4. The van der Waals surface area contributed by atoms with Gasteiger partial charge >= 0.3 is 0 Å². The Kier molecular flexibility index (Phi) is 6.06. The molecule has 7 heteroatoms. The fourth-order valence-corrected chi connectivity index (χ4v) is 4.08. The second-order valence-corrected chi connectivity index (χ2v) is 8.02. The number of fused-ring (bicyclic) bond motifs is 1. The first-order valence-corrected chi connectivity index (χ1v) is 11.1. The zero-order valence-corrected chi connectivity index (χ0v) is 18.2. The highest BCUT2D eigenvalue weighted by Gasteiger charge is 2.15. The smallest absolute Gasteiger partial charge is 0.291 e. The first-order valence-electron chi connectivity index (χ1n) is 11.1. The van der Waals surface area contributed by atoms with Crippen LogP contribution in [0.15, 0.2) is 82.1 Å². The van der Waals surface area contributed by atoms with Crippen molar-refractivity contribution in [1.29, 1.82) is 0 Å². The van der Waals surface area contributed by atoms with Crippen LogP contribution in [0, 0.1) is 0 Å². The van der Waals surface area contributed by atoms with Crippen molar-refractivity contribution in [2.75, 3.05) is 38.2 Å². The van der Waals surface area contributed by atoms with Crippen molar-refractivity contribution in [3.8, 4) is 11.3 Å². The highest BCUT2D eigenvalue weighted by atomic mass is 16.5. The average molecular weight is 444 g/mol. The third kappa shape index (κ3) is 4.60. The van der Waals surface area contributed by atoms with Crippen molar-refractivity contribution in [2.24, 2.45) is 0 Å². The van der Waals surface area contributed by atoms with Gasteiger partial charge in [0.2, 0.25) is 0 Å². The first kappa shape index (κ1) is 21.2. The molecule has 1 aliphatic rings. The number of carbonyl (C=O) groups excluding carboxylic acids is 1. The third-order valence-corrected chi connectivity index (χ3v) is 5.92. The number of furan rings is 1. The van der Waals surface area contributed by atoms with Crippen LogP contribution >= 0.6 is 0 Å². The summed E-state index contributed by atoms with van der Waals surface area (Å²) in [6, 6.07) is 20.3. The summed E-state index contributed by atoms with van der Waals surface area (Å²) in [6.07, 6.45) is 1.79. The van der Waals surface area contributed by atoms with Gasteiger partial charge in [-0.15, -0.1) is 0 Å². The lowest BCUT2D eigenvalue weighted by Gasteiger charge is -2.26. The highest BCUT2D eigenvalue weighted by Crippen LogP contribution is 2.24. The Morgan fingerprint density at radius 1 is 0.879 bits per heavy atom. The van der Waals surface area contributed by atoms with Crippen molar-refractivity contribution in [2.45, 2.75) is 6.54 Å². The molecule has 33 heavy (non-hydrogen) atoms. The Bertz CT molecular complexity index is 1320. The first-order chi connectivity index (χ1) is 16.2. The number of anilines is 1. The second-order valence-electron chi connectivity index (χ2n) is 8.02. The van der Waals surface area contributed by atoms with Crippen LogP contribution < -0.4 is 10.9 Å². The Labute approximate surface area is 191 Å².